The van der Waals surface area contributed by atoms with Crippen molar-refractivity contribution in [3.63, 3.8) is 0 Å². The molecule has 0 aliphatic carbocycles. The number of nitrogen functional groups attached to an aromatic ring is 1. The highest BCUT2D eigenvalue weighted by Crippen LogP contribution is 2.18. The number of amides is 1. The first-order valence-electron chi connectivity index (χ1n) is 5.90. The van der Waals surface area contributed by atoms with Crippen molar-refractivity contribution in [2.24, 2.45) is 0 Å². The van der Waals surface area contributed by atoms with Crippen molar-refractivity contribution in [2.75, 3.05) is 12.3 Å². The fraction of sp³-hybridized carbons (Fsp3) is 0.143. The molecule has 0 fully saturated rings. The Morgan fingerprint density at radius 3 is 2.84 bits per heavy atom. The molecule has 0 saturated heterocycles. The van der Waals surface area contributed by atoms with Crippen LogP contribution in [-0.4, -0.2) is 17.4 Å². The lowest BCUT2D eigenvalue weighted by molar-refractivity contribution is 0.0954. The van der Waals surface area contributed by atoms with Gasteiger partial charge in [-0.25, -0.2) is 0 Å². The lowest BCUT2D eigenvalue weighted by atomic mass is 10.2. The van der Waals surface area contributed by atoms with Gasteiger partial charge in [0.25, 0.3) is 5.91 Å². The molecule has 0 saturated carbocycles. The number of anilines is 1. The van der Waals surface area contributed by atoms with Crippen molar-refractivity contribution in [2.45, 2.75) is 6.42 Å². The van der Waals surface area contributed by atoms with Gasteiger partial charge in [0.05, 0.1) is 10.6 Å². The number of halogens is 1. The van der Waals surface area contributed by atoms with Crippen LogP contribution in [0.2, 0.25) is 5.02 Å². The standard InChI is InChI=1S/C14H14ClN3O/c15-13-9-10(16)4-5-12(13)14(19)18-8-6-11-3-1-2-7-17-11/h1-5,7,9H,6,8,16H2,(H,18,19). The number of carbonyl (C=O) groups is 1. The Bertz CT molecular complexity index is 572. The van der Waals surface area contributed by atoms with E-state index in [1.807, 2.05) is 18.2 Å². The number of pyridine rings is 1. The molecule has 0 radical (unpaired) electrons. The minimum atomic E-state index is -0.207. The molecular formula is C14H14ClN3O. The first-order valence-corrected chi connectivity index (χ1v) is 6.28. The number of nitrogens with one attached hydrogen (secondary N) is 1. The van der Waals surface area contributed by atoms with Gasteiger partial charge in [-0.05, 0) is 30.3 Å². The highest BCUT2D eigenvalue weighted by atomic mass is 35.5. The van der Waals surface area contributed by atoms with Gasteiger partial charge in [-0.3, -0.25) is 9.78 Å². The number of nitrogens with zero attached hydrogens (tertiary/aromatic N) is 1. The summed E-state index contributed by atoms with van der Waals surface area (Å²) in [6.07, 6.45) is 2.41. The summed E-state index contributed by atoms with van der Waals surface area (Å²) in [5.41, 5.74) is 7.48. The van der Waals surface area contributed by atoms with E-state index in [1.54, 1.807) is 24.4 Å². The second-order valence-corrected chi connectivity index (χ2v) is 4.47. The lowest BCUT2D eigenvalue weighted by Crippen LogP contribution is -2.26. The molecular weight excluding hydrogens is 262 g/mol. The summed E-state index contributed by atoms with van der Waals surface area (Å²) in [5.74, 6) is -0.207. The van der Waals surface area contributed by atoms with E-state index in [1.165, 1.54) is 0 Å². The molecule has 0 unspecified atom stereocenters. The van der Waals surface area contributed by atoms with Gasteiger partial charge in [0.15, 0.2) is 0 Å². The smallest absolute Gasteiger partial charge is 0.252 e. The summed E-state index contributed by atoms with van der Waals surface area (Å²) >= 11 is 5.97. The molecule has 4 nitrogen and oxygen atoms in total. The predicted octanol–water partition coefficient (Wildman–Crippen LogP) is 2.29. The maximum Gasteiger partial charge on any atom is 0.252 e. The maximum absolute atomic E-state index is 11.9. The summed E-state index contributed by atoms with van der Waals surface area (Å²) in [4.78, 5) is 16.1. The molecule has 0 aliphatic heterocycles. The molecule has 2 aromatic rings. The number of nitrogens with two attached hydrogens (primary N) is 1. The van der Waals surface area contributed by atoms with E-state index < -0.39 is 0 Å². The molecule has 1 aromatic carbocycles. The summed E-state index contributed by atoms with van der Waals surface area (Å²) in [7, 11) is 0. The lowest BCUT2D eigenvalue weighted by Gasteiger charge is -2.07. The summed E-state index contributed by atoms with van der Waals surface area (Å²) in [5, 5.41) is 3.16. The fourth-order valence-electron chi connectivity index (χ4n) is 1.66. The van der Waals surface area contributed by atoms with Crippen molar-refractivity contribution in [1.82, 2.24) is 10.3 Å². The Labute approximate surface area is 116 Å². The molecule has 1 heterocycles. The van der Waals surface area contributed by atoms with Crippen molar-refractivity contribution in [3.8, 4) is 0 Å². The Kier molecular flexibility index (Phi) is 4.36. The molecule has 0 aliphatic rings. The van der Waals surface area contributed by atoms with E-state index in [-0.39, 0.29) is 5.91 Å². The molecule has 1 aromatic heterocycles. The van der Waals surface area contributed by atoms with Crippen LogP contribution in [0.25, 0.3) is 0 Å². The second-order valence-electron chi connectivity index (χ2n) is 4.07. The third kappa shape index (κ3) is 3.69. The van der Waals surface area contributed by atoms with E-state index in [9.17, 15) is 4.79 Å². The van der Waals surface area contributed by atoms with Crippen LogP contribution in [0.1, 0.15) is 16.1 Å². The minimum Gasteiger partial charge on any atom is -0.399 e. The molecule has 0 atom stereocenters. The molecule has 1 amide bonds. The van der Waals surface area contributed by atoms with E-state index in [0.29, 0.717) is 29.2 Å². The third-order valence-electron chi connectivity index (χ3n) is 2.63. The van der Waals surface area contributed by atoms with Gasteiger partial charge in [0.1, 0.15) is 0 Å². The van der Waals surface area contributed by atoms with Gasteiger partial charge in [-0.2, -0.15) is 0 Å². The van der Waals surface area contributed by atoms with E-state index in [4.69, 9.17) is 17.3 Å². The summed E-state index contributed by atoms with van der Waals surface area (Å²) in [6.45, 7) is 0.510. The van der Waals surface area contributed by atoms with Gasteiger partial charge in [0.2, 0.25) is 0 Å². The van der Waals surface area contributed by atoms with Crippen molar-refractivity contribution >= 4 is 23.2 Å². The third-order valence-corrected chi connectivity index (χ3v) is 2.94. The Morgan fingerprint density at radius 1 is 1.32 bits per heavy atom. The molecule has 5 heteroatoms. The maximum atomic E-state index is 11.9. The SMILES string of the molecule is Nc1ccc(C(=O)NCCc2ccccn2)c(Cl)c1. The number of benzene rings is 1. The monoisotopic (exact) mass is 275 g/mol. The zero-order chi connectivity index (χ0) is 13.7. The fourth-order valence-corrected chi connectivity index (χ4v) is 1.94. The van der Waals surface area contributed by atoms with Gasteiger partial charge < -0.3 is 11.1 Å². The highest BCUT2D eigenvalue weighted by Gasteiger charge is 2.09. The topological polar surface area (TPSA) is 68.0 Å². The van der Waals surface area contributed by atoms with Crippen LogP contribution in [0.4, 0.5) is 5.69 Å². The van der Waals surface area contributed by atoms with Crippen LogP contribution in [0.3, 0.4) is 0 Å². The Hall–Kier alpha value is -2.07. The Balaban J connectivity index is 1.91. The van der Waals surface area contributed by atoms with Crippen LogP contribution in [0, 0.1) is 0 Å². The average molecular weight is 276 g/mol. The zero-order valence-corrected chi connectivity index (χ0v) is 11.0. The van der Waals surface area contributed by atoms with Crippen LogP contribution in [0.15, 0.2) is 42.6 Å². The van der Waals surface area contributed by atoms with E-state index >= 15 is 0 Å². The van der Waals surface area contributed by atoms with Crippen LogP contribution < -0.4 is 11.1 Å². The number of aromatic nitrogens is 1. The first-order chi connectivity index (χ1) is 9.16. The highest BCUT2D eigenvalue weighted by molar-refractivity contribution is 6.34. The van der Waals surface area contributed by atoms with Crippen molar-refractivity contribution in [1.29, 1.82) is 0 Å². The van der Waals surface area contributed by atoms with E-state index in [0.717, 1.165) is 5.69 Å². The molecule has 19 heavy (non-hydrogen) atoms. The molecule has 0 bridgehead atoms. The first kappa shape index (κ1) is 13.4. The second kappa shape index (κ2) is 6.20. The van der Waals surface area contributed by atoms with Crippen LogP contribution >= 0.6 is 11.6 Å². The quantitative estimate of drug-likeness (QED) is 0.841. The number of carbonyl (C=O) groups excluding carboxylic acids is 1. The van der Waals surface area contributed by atoms with Crippen LogP contribution in [0.5, 0.6) is 0 Å². The Morgan fingerprint density at radius 2 is 2.16 bits per heavy atom. The number of hydrogen-bond donors (Lipinski definition) is 2. The van der Waals surface area contributed by atoms with Gasteiger partial charge in [0, 0.05) is 30.5 Å². The van der Waals surface area contributed by atoms with Gasteiger partial charge >= 0.3 is 0 Å². The zero-order valence-electron chi connectivity index (χ0n) is 10.3. The van der Waals surface area contributed by atoms with E-state index in [2.05, 4.69) is 10.3 Å². The predicted molar refractivity (Wildman–Crippen MR) is 76.1 cm³/mol. The van der Waals surface area contributed by atoms with Crippen molar-refractivity contribution < 1.29 is 4.79 Å². The normalized spacial score (nSPS) is 10.2. The molecule has 0 spiro atoms. The molecule has 98 valence electrons. The number of hydrogen-bond acceptors (Lipinski definition) is 3. The molecule has 3 N–H and O–H groups in total. The minimum absolute atomic E-state index is 0.207. The average Bonchev–Trinajstić information content (AvgIpc) is 2.39. The van der Waals surface area contributed by atoms with Crippen molar-refractivity contribution in [3.05, 3.63) is 58.9 Å². The summed E-state index contributed by atoms with van der Waals surface area (Å²) in [6, 6.07) is 10.5. The van der Waals surface area contributed by atoms with Gasteiger partial charge in [-0.15, -0.1) is 0 Å². The largest absolute Gasteiger partial charge is 0.399 e. The van der Waals surface area contributed by atoms with Crippen LogP contribution in [-0.2, 0) is 6.42 Å². The summed E-state index contributed by atoms with van der Waals surface area (Å²) < 4.78 is 0. The number of rotatable bonds is 4. The molecule has 2 rings (SSSR count). The van der Waals surface area contributed by atoms with Gasteiger partial charge in [-0.1, -0.05) is 17.7 Å².